The zero-order chi connectivity index (χ0) is 15.0. The van der Waals surface area contributed by atoms with Crippen LogP contribution in [-0.2, 0) is 0 Å². The number of rotatable bonds is 2. The first-order valence-corrected chi connectivity index (χ1v) is 7.14. The lowest BCUT2D eigenvalue weighted by atomic mass is 10.1. The molecule has 2 unspecified atom stereocenters. The second-order valence-electron chi connectivity index (χ2n) is 6.53. The summed E-state index contributed by atoms with van der Waals surface area (Å²) >= 11 is 0. The summed E-state index contributed by atoms with van der Waals surface area (Å²) in [6.45, 7) is 6.81. The van der Waals surface area contributed by atoms with Crippen LogP contribution in [0, 0.1) is 0 Å². The van der Waals surface area contributed by atoms with Crippen LogP contribution in [0.5, 0.6) is 0 Å². The minimum atomic E-state index is -0.194. The molecule has 0 spiro atoms. The van der Waals surface area contributed by atoms with E-state index in [4.69, 9.17) is 0 Å². The van der Waals surface area contributed by atoms with Gasteiger partial charge in [-0.05, 0) is 63.2 Å². The topological polar surface area (TPSA) is 16.2 Å². The van der Waals surface area contributed by atoms with Gasteiger partial charge in [0.15, 0.2) is 5.91 Å². The van der Waals surface area contributed by atoms with Crippen LogP contribution < -0.4 is 0 Å². The lowest BCUT2D eigenvalue weighted by Gasteiger charge is -2.60. The van der Waals surface area contributed by atoms with Crippen molar-refractivity contribution in [2.24, 2.45) is 0 Å². The highest BCUT2D eigenvalue weighted by molar-refractivity contribution is 4.91. The van der Waals surface area contributed by atoms with E-state index in [9.17, 15) is 0 Å². The van der Waals surface area contributed by atoms with Crippen molar-refractivity contribution < 1.29 is 0 Å². The molecule has 0 aliphatic carbocycles. The van der Waals surface area contributed by atoms with E-state index in [1.54, 1.807) is 0 Å². The SMILES string of the molecule is CC1CN(C)CC(C)N(C)C(N(C)C)(N(C)C)N1C. The number of hydrogen-bond acceptors (Lipinski definition) is 5. The molecule has 114 valence electrons. The Morgan fingerprint density at radius 3 is 1.37 bits per heavy atom. The van der Waals surface area contributed by atoms with Crippen LogP contribution in [0.4, 0.5) is 0 Å². The average molecular weight is 271 g/mol. The van der Waals surface area contributed by atoms with Gasteiger partial charge in [0, 0.05) is 25.2 Å². The first kappa shape index (κ1) is 16.9. The molecule has 1 fully saturated rings. The highest BCUT2D eigenvalue weighted by Crippen LogP contribution is 2.29. The fraction of sp³-hybridized carbons (Fsp3) is 1.00. The van der Waals surface area contributed by atoms with E-state index in [0.717, 1.165) is 13.1 Å². The molecular weight excluding hydrogens is 238 g/mol. The molecule has 0 aromatic carbocycles. The van der Waals surface area contributed by atoms with Gasteiger partial charge in [-0.25, -0.2) is 0 Å². The Balaban J connectivity index is 3.28. The molecule has 1 saturated heterocycles. The van der Waals surface area contributed by atoms with Crippen molar-refractivity contribution in [3.8, 4) is 0 Å². The van der Waals surface area contributed by atoms with Gasteiger partial charge in [-0.1, -0.05) is 0 Å². The summed E-state index contributed by atoms with van der Waals surface area (Å²) in [6.07, 6.45) is 0. The highest BCUT2D eigenvalue weighted by atomic mass is 15.7. The van der Waals surface area contributed by atoms with Gasteiger partial charge in [-0.2, -0.15) is 0 Å². The largest absolute Gasteiger partial charge is 0.303 e. The summed E-state index contributed by atoms with van der Waals surface area (Å²) < 4.78 is 0. The standard InChI is InChI=1S/C14H33N5/c1-12-10-17(7)11-13(2)19(9)14(15(3)4,16(5)6)18(12)8/h12-13H,10-11H2,1-9H3. The smallest absolute Gasteiger partial charge is 0.190 e. The molecule has 19 heavy (non-hydrogen) atoms. The zero-order valence-electron chi connectivity index (χ0n) is 14.3. The summed E-state index contributed by atoms with van der Waals surface area (Å²) in [5, 5.41) is 0. The van der Waals surface area contributed by atoms with Crippen LogP contribution in [0.3, 0.4) is 0 Å². The minimum absolute atomic E-state index is 0.194. The van der Waals surface area contributed by atoms with Crippen molar-refractivity contribution in [2.75, 3.05) is 62.4 Å². The van der Waals surface area contributed by atoms with Gasteiger partial charge in [-0.3, -0.25) is 19.6 Å². The van der Waals surface area contributed by atoms with E-state index in [-0.39, 0.29) is 5.91 Å². The monoisotopic (exact) mass is 271 g/mol. The maximum Gasteiger partial charge on any atom is 0.190 e. The molecule has 5 nitrogen and oxygen atoms in total. The Labute approximate surface area is 119 Å². The summed E-state index contributed by atoms with van der Waals surface area (Å²) in [5.74, 6) is -0.194. The molecule has 0 bridgehead atoms. The highest BCUT2D eigenvalue weighted by Gasteiger charge is 2.48. The molecule has 1 aliphatic rings. The van der Waals surface area contributed by atoms with Gasteiger partial charge in [0.2, 0.25) is 0 Å². The second-order valence-corrected chi connectivity index (χ2v) is 6.53. The number of hydrogen-bond donors (Lipinski definition) is 0. The van der Waals surface area contributed by atoms with Crippen molar-refractivity contribution in [1.82, 2.24) is 24.5 Å². The van der Waals surface area contributed by atoms with Crippen molar-refractivity contribution in [1.29, 1.82) is 0 Å². The summed E-state index contributed by atoms with van der Waals surface area (Å²) in [6, 6.07) is 0.981. The van der Waals surface area contributed by atoms with Crippen molar-refractivity contribution >= 4 is 0 Å². The average Bonchev–Trinajstić information content (AvgIpc) is 2.26. The minimum Gasteiger partial charge on any atom is -0.303 e. The van der Waals surface area contributed by atoms with Gasteiger partial charge in [0.25, 0.3) is 0 Å². The summed E-state index contributed by atoms with van der Waals surface area (Å²) in [5.41, 5.74) is 0. The molecule has 0 aromatic rings. The zero-order valence-corrected chi connectivity index (χ0v) is 14.3. The van der Waals surface area contributed by atoms with Gasteiger partial charge in [0.1, 0.15) is 0 Å². The third kappa shape index (κ3) is 2.81. The molecule has 0 N–H and O–H groups in total. The van der Waals surface area contributed by atoms with E-state index in [1.165, 1.54) is 0 Å². The van der Waals surface area contributed by atoms with Gasteiger partial charge >= 0.3 is 0 Å². The molecule has 0 aromatic heterocycles. The molecule has 1 aliphatic heterocycles. The summed E-state index contributed by atoms with van der Waals surface area (Å²) in [7, 11) is 15.3. The van der Waals surface area contributed by atoms with Crippen LogP contribution in [0.1, 0.15) is 13.8 Å². The lowest BCUT2D eigenvalue weighted by Crippen LogP contribution is -2.78. The predicted molar refractivity (Wildman–Crippen MR) is 82.1 cm³/mol. The van der Waals surface area contributed by atoms with Crippen molar-refractivity contribution in [3.05, 3.63) is 0 Å². The van der Waals surface area contributed by atoms with Crippen molar-refractivity contribution in [3.63, 3.8) is 0 Å². The number of nitrogens with zero attached hydrogens (tertiary/aromatic N) is 5. The van der Waals surface area contributed by atoms with Crippen LogP contribution in [0.25, 0.3) is 0 Å². The van der Waals surface area contributed by atoms with E-state index >= 15 is 0 Å². The first-order chi connectivity index (χ1) is 8.65. The Morgan fingerprint density at radius 2 is 1.11 bits per heavy atom. The normalized spacial score (nSPS) is 31.7. The molecule has 0 radical (unpaired) electrons. The molecule has 5 heteroatoms. The third-order valence-corrected chi connectivity index (χ3v) is 4.62. The molecule has 2 atom stereocenters. The first-order valence-electron chi connectivity index (χ1n) is 7.14. The molecular formula is C14H33N5. The fourth-order valence-corrected chi connectivity index (χ4v) is 3.72. The second kappa shape index (κ2) is 6.06. The van der Waals surface area contributed by atoms with Crippen molar-refractivity contribution in [2.45, 2.75) is 31.8 Å². The van der Waals surface area contributed by atoms with Crippen LogP contribution >= 0.6 is 0 Å². The Bertz CT molecular complexity index is 264. The number of likely N-dealkylation sites (N-methyl/N-ethyl adjacent to an activating group) is 3. The molecule has 0 saturated carbocycles. The maximum absolute atomic E-state index is 2.47. The Hall–Kier alpha value is -0.200. The van der Waals surface area contributed by atoms with Gasteiger partial charge < -0.3 is 4.90 Å². The molecule has 1 heterocycles. The Kier molecular flexibility index (Phi) is 5.37. The van der Waals surface area contributed by atoms with E-state index < -0.39 is 0 Å². The van der Waals surface area contributed by atoms with Crippen LogP contribution in [0.2, 0.25) is 0 Å². The van der Waals surface area contributed by atoms with Crippen LogP contribution in [-0.4, -0.2) is 105 Å². The van der Waals surface area contributed by atoms with Gasteiger partial charge in [0.05, 0.1) is 0 Å². The lowest BCUT2D eigenvalue weighted by molar-refractivity contribution is -0.247. The van der Waals surface area contributed by atoms with E-state index in [1.807, 2.05) is 0 Å². The Morgan fingerprint density at radius 1 is 0.789 bits per heavy atom. The van der Waals surface area contributed by atoms with E-state index in [2.05, 4.69) is 87.7 Å². The fourth-order valence-electron chi connectivity index (χ4n) is 3.72. The van der Waals surface area contributed by atoms with Gasteiger partial charge in [-0.15, -0.1) is 0 Å². The third-order valence-electron chi connectivity index (χ3n) is 4.62. The van der Waals surface area contributed by atoms with E-state index in [0.29, 0.717) is 12.1 Å². The molecule has 1 rings (SSSR count). The van der Waals surface area contributed by atoms with Crippen LogP contribution in [0.15, 0.2) is 0 Å². The predicted octanol–water partition coefficient (Wildman–Crippen LogP) is 0.307. The molecule has 0 amide bonds. The quantitative estimate of drug-likeness (QED) is 0.670. The summed E-state index contributed by atoms with van der Waals surface area (Å²) in [4.78, 5) is 12.0. The maximum atomic E-state index is 2.47.